The van der Waals surface area contributed by atoms with Crippen molar-refractivity contribution >= 4 is 11.9 Å². The van der Waals surface area contributed by atoms with Crippen LogP contribution in [0.2, 0.25) is 0 Å². The normalized spacial score (nSPS) is 26.8. The molecule has 130 valence electrons. The molecule has 0 radical (unpaired) electrons. The number of nitrogens with zero attached hydrogens (tertiary/aromatic N) is 1. The number of nitrogens with two attached hydrogens (primary N) is 1. The fourth-order valence-corrected chi connectivity index (χ4v) is 3.35. The summed E-state index contributed by atoms with van der Waals surface area (Å²) in [6.07, 6.45) is 0.204. The number of nitrogens with one attached hydrogen (secondary N) is 1. The number of ether oxygens (including phenoxy) is 1. The maximum atomic E-state index is 13.6. The number of hydrogen-bond acceptors (Lipinski definition) is 3. The molecule has 2 rings (SSSR count). The number of piperidine rings is 1. The minimum Gasteiger partial charge on any atom is -0.374 e. The number of alkyl halides is 1. The molecular formula is C16H26FN3O3. The zero-order chi connectivity index (χ0) is 17.0. The van der Waals surface area contributed by atoms with Crippen molar-refractivity contribution in [2.75, 3.05) is 26.2 Å². The number of rotatable bonds is 5. The standard InChI is InChI=1S/C16H26FN3O3/c1-10(2)14-12(5-8-23-14)9-19-16(22)20-6-3-11(4-7-20)13(17)15(18)21/h11-14H,1,3-9H2,2H3,(H2,18,21)(H,19,22). The Kier molecular flexibility index (Phi) is 5.98. The van der Waals surface area contributed by atoms with Crippen LogP contribution in [0.4, 0.5) is 9.18 Å². The molecular weight excluding hydrogens is 301 g/mol. The van der Waals surface area contributed by atoms with E-state index in [0.29, 0.717) is 39.1 Å². The molecule has 0 aliphatic carbocycles. The molecule has 2 fully saturated rings. The third-order valence-electron chi connectivity index (χ3n) is 4.73. The van der Waals surface area contributed by atoms with Crippen LogP contribution in [0.5, 0.6) is 0 Å². The number of halogens is 1. The lowest BCUT2D eigenvalue weighted by atomic mass is 9.92. The van der Waals surface area contributed by atoms with Crippen molar-refractivity contribution in [2.24, 2.45) is 17.6 Å². The molecule has 0 aromatic rings. The van der Waals surface area contributed by atoms with Crippen LogP contribution in [0.25, 0.3) is 0 Å². The van der Waals surface area contributed by atoms with E-state index in [1.165, 1.54) is 0 Å². The average Bonchev–Trinajstić information content (AvgIpc) is 3.00. The molecule has 2 aliphatic rings. The monoisotopic (exact) mass is 327 g/mol. The Morgan fingerprint density at radius 1 is 1.39 bits per heavy atom. The van der Waals surface area contributed by atoms with Gasteiger partial charge in [-0.15, -0.1) is 0 Å². The van der Waals surface area contributed by atoms with E-state index in [0.717, 1.165) is 12.0 Å². The van der Waals surface area contributed by atoms with Crippen molar-refractivity contribution in [3.05, 3.63) is 12.2 Å². The minimum atomic E-state index is -1.62. The molecule has 2 aliphatic heterocycles. The maximum Gasteiger partial charge on any atom is 0.317 e. The van der Waals surface area contributed by atoms with Crippen molar-refractivity contribution in [1.82, 2.24) is 10.2 Å². The van der Waals surface area contributed by atoms with Crippen molar-refractivity contribution in [2.45, 2.75) is 38.5 Å². The summed E-state index contributed by atoms with van der Waals surface area (Å²) in [5.41, 5.74) is 5.97. The highest BCUT2D eigenvalue weighted by Crippen LogP contribution is 2.26. The zero-order valence-corrected chi connectivity index (χ0v) is 13.6. The van der Waals surface area contributed by atoms with Gasteiger partial charge >= 0.3 is 6.03 Å². The molecule has 7 heteroatoms. The van der Waals surface area contributed by atoms with Gasteiger partial charge < -0.3 is 20.7 Å². The molecule has 0 bridgehead atoms. The molecule has 3 atom stereocenters. The molecule has 0 saturated carbocycles. The third-order valence-corrected chi connectivity index (χ3v) is 4.73. The van der Waals surface area contributed by atoms with E-state index in [2.05, 4.69) is 11.9 Å². The SMILES string of the molecule is C=C(C)C1OCCC1CNC(=O)N1CCC(C(F)C(N)=O)CC1. The molecule has 6 nitrogen and oxygen atoms in total. The van der Waals surface area contributed by atoms with E-state index in [-0.39, 0.29) is 24.0 Å². The lowest BCUT2D eigenvalue weighted by molar-refractivity contribution is -0.125. The summed E-state index contributed by atoms with van der Waals surface area (Å²) in [4.78, 5) is 24.8. The van der Waals surface area contributed by atoms with E-state index in [1.807, 2.05) is 6.92 Å². The van der Waals surface area contributed by atoms with Crippen LogP contribution in [0.3, 0.4) is 0 Å². The fraction of sp³-hybridized carbons (Fsp3) is 0.750. The van der Waals surface area contributed by atoms with Crippen molar-refractivity contribution < 1.29 is 18.7 Å². The molecule has 0 aromatic carbocycles. The van der Waals surface area contributed by atoms with E-state index in [9.17, 15) is 14.0 Å². The highest BCUT2D eigenvalue weighted by atomic mass is 19.1. The quantitative estimate of drug-likeness (QED) is 0.745. The highest BCUT2D eigenvalue weighted by Gasteiger charge is 2.33. The van der Waals surface area contributed by atoms with Crippen LogP contribution in [-0.4, -0.2) is 55.4 Å². The predicted octanol–water partition coefficient (Wildman–Crippen LogP) is 1.21. The summed E-state index contributed by atoms with van der Waals surface area (Å²) in [6.45, 7) is 7.97. The summed E-state index contributed by atoms with van der Waals surface area (Å²) < 4.78 is 19.2. The van der Waals surface area contributed by atoms with Crippen molar-refractivity contribution in [3.63, 3.8) is 0 Å². The summed E-state index contributed by atoms with van der Waals surface area (Å²) in [5.74, 6) is -1.05. The Balaban J connectivity index is 1.75. The second-order valence-corrected chi connectivity index (χ2v) is 6.50. The lowest BCUT2D eigenvalue weighted by Gasteiger charge is -2.33. The number of urea groups is 1. The van der Waals surface area contributed by atoms with Crippen molar-refractivity contribution in [3.8, 4) is 0 Å². The van der Waals surface area contributed by atoms with E-state index in [1.54, 1.807) is 4.90 Å². The second kappa shape index (κ2) is 7.77. The smallest absolute Gasteiger partial charge is 0.317 e. The van der Waals surface area contributed by atoms with E-state index >= 15 is 0 Å². The van der Waals surface area contributed by atoms with Crippen LogP contribution >= 0.6 is 0 Å². The van der Waals surface area contributed by atoms with Gasteiger partial charge in [0.25, 0.3) is 5.91 Å². The zero-order valence-electron chi connectivity index (χ0n) is 13.6. The number of hydrogen-bond donors (Lipinski definition) is 2. The molecule has 2 saturated heterocycles. The molecule has 0 spiro atoms. The van der Waals surface area contributed by atoms with Gasteiger partial charge in [-0.3, -0.25) is 4.79 Å². The molecule has 0 aromatic heterocycles. The molecule has 2 heterocycles. The molecule has 3 amide bonds. The molecule has 3 N–H and O–H groups in total. The van der Waals surface area contributed by atoms with Gasteiger partial charge in [0.2, 0.25) is 0 Å². The largest absolute Gasteiger partial charge is 0.374 e. The predicted molar refractivity (Wildman–Crippen MR) is 84.4 cm³/mol. The Bertz CT molecular complexity index is 463. The Labute approximate surface area is 136 Å². The van der Waals surface area contributed by atoms with Gasteiger partial charge in [-0.25, -0.2) is 9.18 Å². The summed E-state index contributed by atoms with van der Waals surface area (Å²) in [5, 5.41) is 2.93. The van der Waals surface area contributed by atoms with Gasteiger partial charge in [-0.1, -0.05) is 12.2 Å². The van der Waals surface area contributed by atoms with E-state index in [4.69, 9.17) is 10.5 Å². The first-order valence-electron chi connectivity index (χ1n) is 8.13. The third kappa shape index (κ3) is 4.43. The molecule has 3 unspecified atom stereocenters. The van der Waals surface area contributed by atoms with Gasteiger partial charge in [0.05, 0.1) is 6.10 Å². The van der Waals surface area contributed by atoms with Crippen LogP contribution < -0.4 is 11.1 Å². The van der Waals surface area contributed by atoms with Crippen LogP contribution in [0.1, 0.15) is 26.2 Å². The summed E-state index contributed by atoms with van der Waals surface area (Å²) >= 11 is 0. The fourth-order valence-electron chi connectivity index (χ4n) is 3.35. The maximum absolute atomic E-state index is 13.6. The first-order chi connectivity index (χ1) is 10.9. The number of primary amides is 1. The van der Waals surface area contributed by atoms with Gasteiger partial charge in [-0.05, 0) is 26.2 Å². The van der Waals surface area contributed by atoms with Crippen molar-refractivity contribution in [1.29, 1.82) is 0 Å². The summed E-state index contributed by atoms with van der Waals surface area (Å²) in [7, 11) is 0. The number of carbonyl (C=O) groups excluding carboxylic acids is 2. The average molecular weight is 327 g/mol. The first kappa shape index (κ1) is 17.7. The Morgan fingerprint density at radius 3 is 2.61 bits per heavy atom. The van der Waals surface area contributed by atoms with Crippen LogP contribution in [0.15, 0.2) is 12.2 Å². The molecule has 23 heavy (non-hydrogen) atoms. The van der Waals surface area contributed by atoms with Gasteiger partial charge in [0, 0.05) is 38.1 Å². The Morgan fingerprint density at radius 2 is 2.04 bits per heavy atom. The van der Waals surface area contributed by atoms with Gasteiger partial charge in [0.15, 0.2) is 6.17 Å². The van der Waals surface area contributed by atoms with Crippen LogP contribution in [-0.2, 0) is 9.53 Å². The second-order valence-electron chi connectivity index (χ2n) is 6.50. The number of carbonyl (C=O) groups is 2. The summed E-state index contributed by atoms with van der Waals surface area (Å²) in [6, 6.07) is -0.148. The topological polar surface area (TPSA) is 84.7 Å². The first-order valence-corrected chi connectivity index (χ1v) is 8.13. The van der Waals surface area contributed by atoms with Gasteiger partial charge in [-0.2, -0.15) is 0 Å². The van der Waals surface area contributed by atoms with Crippen LogP contribution in [0, 0.1) is 11.8 Å². The lowest BCUT2D eigenvalue weighted by Crippen LogP contribution is -2.48. The van der Waals surface area contributed by atoms with Gasteiger partial charge in [0.1, 0.15) is 0 Å². The number of likely N-dealkylation sites (tertiary alicyclic amines) is 1. The van der Waals surface area contributed by atoms with E-state index < -0.39 is 12.1 Å². The minimum absolute atomic E-state index is 0.00361. The Hall–Kier alpha value is -1.63. The number of amides is 3. The highest BCUT2D eigenvalue weighted by molar-refractivity contribution is 5.79.